The molecule has 0 aromatic heterocycles. The summed E-state index contributed by atoms with van der Waals surface area (Å²) < 4.78 is 12.9. The molecule has 144 valence electrons. The van der Waals surface area contributed by atoms with E-state index in [0.29, 0.717) is 6.54 Å². The highest BCUT2D eigenvalue weighted by molar-refractivity contribution is 5.93. The molecule has 0 heterocycles. The van der Waals surface area contributed by atoms with E-state index in [2.05, 4.69) is 10.6 Å². The Balaban J connectivity index is 1.80. The molecule has 2 aromatic carbocycles. The van der Waals surface area contributed by atoms with Crippen molar-refractivity contribution in [2.45, 2.75) is 27.3 Å². The van der Waals surface area contributed by atoms with Crippen molar-refractivity contribution >= 4 is 17.5 Å². The van der Waals surface area contributed by atoms with Crippen LogP contribution in [0.25, 0.3) is 0 Å². The second kappa shape index (κ2) is 9.28. The third-order valence-corrected chi connectivity index (χ3v) is 4.27. The minimum atomic E-state index is -0.306. The minimum Gasteiger partial charge on any atom is -0.347 e. The van der Waals surface area contributed by atoms with Crippen molar-refractivity contribution in [2.75, 3.05) is 25.5 Å². The summed E-state index contributed by atoms with van der Waals surface area (Å²) in [6, 6.07) is 10.0. The second-order valence-corrected chi connectivity index (χ2v) is 7.04. The van der Waals surface area contributed by atoms with Gasteiger partial charge in [0, 0.05) is 12.2 Å². The molecule has 1 unspecified atom stereocenters. The summed E-state index contributed by atoms with van der Waals surface area (Å²) in [6.07, 6.45) is 0. The Hall–Kier alpha value is -2.73. The van der Waals surface area contributed by atoms with Crippen LogP contribution in [-0.4, -0.2) is 32.0 Å². The molecule has 2 aromatic rings. The van der Waals surface area contributed by atoms with Gasteiger partial charge >= 0.3 is 0 Å². The van der Waals surface area contributed by atoms with Gasteiger partial charge in [-0.25, -0.2) is 4.39 Å². The van der Waals surface area contributed by atoms with Crippen LogP contribution in [0.4, 0.5) is 10.1 Å². The molecule has 2 amide bonds. The zero-order valence-corrected chi connectivity index (χ0v) is 16.3. The Morgan fingerprint density at radius 1 is 0.963 bits per heavy atom. The molecular weight excluding hydrogens is 345 g/mol. The Morgan fingerprint density at radius 2 is 1.52 bits per heavy atom. The highest BCUT2D eigenvalue weighted by atomic mass is 19.1. The van der Waals surface area contributed by atoms with Crippen LogP contribution in [0.1, 0.15) is 22.3 Å². The number of amides is 2. The molecule has 5 nitrogen and oxygen atoms in total. The highest BCUT2D eigenvalue weighted by Gasteiger charge is 2.15. The maximum absolute atomic E-state index is 12.9. The first-order valence-electron chi connectivity index (χ1n) is 8.94. The maximum Gasteiger partial charge on any atom is 0.279 e. The molecule has 0 aliphatic carbocycles. The summed E-state index contributed by atoms with van der Waals surface area (Å²) in [7, 11) is 1.80. The Morgan fingerprint density at radius 3 is 2.11 bits per heavy atom. The van der Waals surface area contributed by atoms with Crippen molar-refractivity contribution < 1.29 is 18.9 Å². The molecule has 2 rings (SSSR count). The Kier molecular flexibility index (Phi) is 7.07. The Labute approximate surface area is 159 Å². The van der Waals surface area contributed by atoms with Gasteiger partial charge in [-0.1, -0.05) is 29.8 Å². The third kappa shape index (κ3) is 6.49. The smallest absolute Gasteiger partial charge is 0.279 e. The number of quaternary nitrogens is 1. The number of carbonyl (C=O) groups excluding carboxylic acids is 2. The largest absolute Gasteiger partial charge is 0.347 e. The third-order valence-electron chi connectivity index (χ3n) is 4.27. The lowest BCUT2D eigenvalue weighted by molar-refractivity contribution is -0.862. The number of aryl methyl sites for hydroxylation is 3. The highest BCUT2D eigenvalue weighted by Crippen LogP contribution is 2.21. The zero-order valence-electron chi connectivity index (χ0n) is 16.3. The molecule has 27 heavy (non-hydrogen) atoms. The van der Waals surface area contributed by atoms with E-state index in [0.717, 1.165) is 32.8 Å². The van der Waals surface area contributed by atoms with Crippen LogP contribution in [0.2, 0.25) is 0 Å². The summed E-state index contributed by atoms with van der Waals surface area (Å²) in [5.41, 5.74) is 4.86. The number of hydrogen-bond donors (Lipinski definition) is 3. The van der Waals surface area contributed by atoms with Crippen molar-refractivity contribution in [3.8, 4) is 0 Å². The number of halogens is 1. The molecule has 0 bridgehead atoms. The molecule has 0 spiro atoms. The normalized spacial score (nSPS) is 11.7. The van der Waals surface area contributed by atoms with Crippen LogP contribution in [-0.2, 0) is 16.1 Å². The molecule has 0 radical (unpaired) electrons. The van der Waals surface area contributed by atoms with E-state index < -0.39 is 0 Å². The van der Waals surface area contributed by atoms with Crippen LogP contribution < -0.4 is 15.5 Å². The van der Waals surface area contributed by atoms with Crippen molar-refractivity contribution in [3.63, 3.8) is 0 Å². The Bertz CT molecular complexity index is 796. The van der Waals surface area contributed by atoms with E-state index in [1.165, 1.54) is 12.1 Å². The van der Waals surface area contributed by atoms with Gasteiger partial charge in [-0.2, -0.15) is 0 Å². The van der Waals surface area contributed by atoms with Crippen molar-refractivity contribution in [2.24, 2.45) is 0 Å². The molecule has 0 saturated carbocycles. The molecule has 6 heteroatoms. The monoisotopic (exact) mass is 372 g/mol. The predicted molar refractivity (Wildman–Crippen MR) is 104 cm³/mol. The summed E-state index contributed by atoms with van der Waals surface area (Å²) in [5, 5.41) is 5.73. The van der Waals surface area contributed by atoms with Gasteiger partial charge in [-0.3, -0.25) is 9.59 Å². The number of benzene rings is 2. The van der Waals surface area contributed by atoms with Gasteiger partial charge in [-0.15, -0.1) is 0 Å². The first-order chi connectivity index (χ1) is 12.7. The topological polar surface area (TPSA) is 62.6 Å². The lowest BCUT2D eigenvalue weighted by Gasteiger charge is -2.16. The van der Waals surface area contributed by atoms with Crippen LogP contribution in [0, 0.1) is 26.6 Å². The van der Waals surface area contributed by atoms with Crippen molar-refractivity contribution in [3.05, 3.63) is 64.5 Å². The fraction of sp³-hybridized carbons (Fsp3) is 0.333. The van der Waals surface area contributed by atoms with Crippen LogP contribution >= 0.6 is 0 Å². The summed E-state index contributed by atoms with van der Waals surface area (Å²) in [4.78, 5) is 25.1. The van der Waals surface area contributed by atoms with Crippen molar-refractivity contribution in [1.29, 1.82) is 0 Å². The van der Waals surface area contributed by atoms with E-state index >= 15 is 0 Å². The standard InChI is InChI=1S/C21H26FN3O2/c1-14-9-15(2)21(16(3)10-14)24-20(27)13-25(4)12-19(26)23-11-17-5-7-18(22)8-6-17/h5-10H,11-13H2,1-4H3,(H,23,26)(H,24,27)/p+1. The van der Waals surface area contributed by atoms with E-state index in [9.17, 15) is 14.0 Å². The quantitative estimate of drug-likeness (QED) is 0.690. The average Bonchev–Trinajstić information content (AvgIpc) is 2.57. The number of hydrogen-bond acceptors (Lipinski definition) is 2. The number of rotatable bonds is 7. The van der Waals surface area contributed by atoms with Crippen molar-refractivity contribution in [1.82, 2.24) is 5.32 Å². The van der Waals surface area contributed by atoms with Crippen LogP contribution in [0.5, 0.6) is 0 Å². The first-order valence-corrected chi connectivity index (χ1v) is 8.94. The summed E-state index contributed by atoms with van der Waals surface area (Å²) >= 11 is 0. The molecular formula is C21H27FN3O2+. The number of carbonyl (C=O) groups is 2. The minimum absolute atomic E-state index is 0.131. The van der Waals surface area contributed by atoms with Gasteiger partial charge in [0.15, 0.2) is 13.1 Å². The second-order valence-electron chi connectivity index (χ2n) is 7.04. The van der Waals surface area contributed by atoms with E-state index in [-0.39, 0.29) is 30.7 Å². The van der Waals surface area contributed by atoms with Gasteiger partial charge in [0.05, 0.1) is 7.05 Å². The van der Waals surface area contributed by atoms with E-state index in [4.69, 9.17) is 0 Å². The van der Waals surface area contributed by atoms with Gasteiger partial charge in [0.25, 0.3) is 11.8 Å². The average molecular weight is 372 g/mol. The van der Waals surface area contributed by atoms with Crippen LogP contribution in [0.3, 0.4) is 0 Å². The van der Waals surface area contributed by atoms with E-state index in [1.54, 1.807) is 19.2 Å². The SMILES string of the molecule is Cc1cc(C)c(NC(=O)C[NH+](C)CC(=O)NCc2ccc(F)cc2)c(C)c1. The molecule has 3 N–H and O–H groups in total. The summed E-state index contributed by atoms with van der Waals surface area (Å²) in [5.74, 6) is -0.597. The predicted octanol–water partition coefficient (Wildman–Crippen LogP) is 1.52. The molecule has 0 saturated heterocycles. The fourth-order valence-electron chi connectivity index (χ4n) is 3.04. The maximum atomic E-state index is 12.9. The lowest BCUT2D eigenvalue weighted by Crippen LogP contribution is -3.11. The first kappa shape index (κ1) is 20.6. The van der Waals surface area contributed by atoms with Gasteiger partial charge < -0.3 is 15.5 Å². The van der Waals surface area contributed by atoms with Crippen LogP contribution in [0.15, 0.2) is 36.4 Å². The molecule has 0 aliphatic rings. The molecule has 1 atom stereocenters. The van der Waals surface area contributed by atoms with E-state index in [1.807, 2.05) is 32.9 Å². The number of anilines is 1. The number of likely N-dealkylation sites (N-methyl/N-ethyl adjacent to an activating group) is 1. The van der Waals surface area contributed by atoms with Gasteiger partial charge in [0.1, 0.15) is 5.82 Å². The van der Waals surface area contributed by atoms with Gasteiger partial charge in [0.2, 0.25) is 0 Å². The molecule has 0 aliphatic heterocycles. The zero-order chi connectivity index (χ0) is 20.0. The van der Waals surface area contributed by atoms with Gasteiger partial charge in [-0.05, 0) is 49.6 Å². The number of nitrogens with one attached hydrogen (secondary N) is 3. The fourth-order valence-corrected chi connectivity index (χ4v) is 3.04. The lowest BCUT2D eigenvalue weighted by atomic mass is 10.1. The molecule has 0 fully saturated rings. The summed E-state index contributed by atoms with van der Waals surface area (Å²) in [6.45, 7) is 6.66.